The van der Waals surface area contributed by atoms with E-state index in [-0.39, 0.29) is 30.1 Å². The van der Waals surface area contributed by atoms with Gasteiger partial charge in [-0.25, -0.2) is 0 Å². The highest BCUT2D eigenvalue weighted by atomic mass is 19.4. The Bertz CT molecular complexity index is 889. The Labute approximate surface area is 166 Å². The molecule has 0 aliphatic heterocycles. The molecule has 0 aliphatic carbocycles. The molecule has 2 aromatic carbocycles. The predicted molar refractivity (Wildman–Crippen MR) is 104 cm³/mol. The van der Waals surface area contributed by atoms with Gasteiger partial charge in [0, 0.05) is 24.7 Å². The summed E-state index contributed by atoms with van der Waals surface area (Å²) in [5, 5.41) is 16.4. The lowest BCUT2D eigenvalue weighted by Gasteiger charge is -2.19. The number of hydrogen-bond donors (Lipinski definition) is 2. The van der Waals surface area contributed by atoms with E-state index < -0.39 is 22.4 Å². The highest BCUT2D eigenvalue weighted by Gasteiger charge is 2.33. The third-order valence-electron chi connectivity index (χ3n) is 4.26. The summed E-state index contributed by atoms with van der Waals surface area (Å²) in [5.74, 6) is -0.311. The van der Waals surface area contributed by atoms with Crippen LogP contribution in [0.2, 0.25) is 0 Å². The third-order valence-corrected chi connectivity index (χ3v) is 4.26. The van der Waals surface area contributed by atoms with E-state index in [0.29, 0.717) is 11.6 Å². The van der Waals surface area contributed by atoms with Crippen molar-refractivity contribution in [3.8, 4) is 0 Å². The molecule has 0 aliphatic rings. The van der Waals surface area contributed by atoms with E-state index in [1.807, 2.05) is 12.1 Å². The quantitative estimate of drug-likeness (QED) is 0.410. The van der Waals surface area contributed by atoms with Crippen molar-refractivity contribution in [2.75, 3.05) is 18.4 Å². The monoisotopic (exact) mass is 409 g/mol. The fourth-order valence-electron chi connectivity index (χ4n) is 2.61. The van der Waals surface area contributed by atoms with Gasteiger partial charge in [-0.3, -0.25) is 14.9 Å². The molecule has 1 amide bonds. The summed E-state index contributed by atoms with van der Waals surface area (Å²) in [4.78, 5) is 22.3. The van der Waals surface area contributed by atoms with Gasteiger partial charge in [-0.15, -0.1) is 0 Å². The van der Waals surface area contributed by atoms with Gasteiger partial charge in [-0.1, -0.05) is 32.9 Å². The summed E-state index contributed by atoms with van der Waals surface area (Å²) in [6.07, 6.45) is -4.67. The number of alkyl halides is 3. The molecule has 2 aromatic rings. The number of rotatable bonds is 6. The first kappa shape index (κ1) is 22.2. The molecule has 0 bridgehead atoms. The molecule has 0 fully saturated rings. The standard InChI is InChI=1S/C20H22F3N3O3/c1-19(2,3)14-6-4-13(5-7-14)18(27)25-11-10-24-16-9-8-15(20(21,22)23)12-17(16)26(28)29/h4-9,12,24H,10-11H2,1-3H3,(H,25,27). The molecule has 0 aromatic heterocycles. The predicted octanol–water partition coefficient (Wildman–Crippen LogP) is 4.75. The smallest absolute Gasteiger partial charge is 0.378 e. The van der Waals surface area contributed by atoms with E-state index in [4.69, 9.17) is 0 Å². The average Bonchev–Trinajstić information content (AvgIpc) is 2.63. The van der Waals surface area contributed by atoms with Gasteiger partial charge in [0.15, 0.2) is 0 Å². The van der Waals surface area contributed by atoms with Gasteiger partial charge in [0.25, 0.3) is 11.6 Å². The third kappa shape index (κ3) is 5.94. The van der Waals surface area contributed by atoms with Gasteiger partial charge in [-0.2, -0.15) is 13.2 Å². The molecular weight excluding hydrogens is 387 g/mol. The largest absolute Gasteiger partial charge is 0.416 e. The lowest BCUT2D eigenvalue weighted by molar-refractivity contribution is -0.384. The molecule has 0 unspecified atom stereocenters. The van der Waals surface area contributed by atoms with Crippen LogP contribution in [0.15, 0.2) is 42.5 Å². The lowest BCUT2D eigenvalue weighted by atomic mass is 9.87. The number of amides is 1. The Morgan fingerprint density at radius 3 is 2.10 bits per heavy atom. The Morgan fingerprint density at radius 1 is 1.00 bits per heavy atom. The van der Waals surface area contributed by atoms with Crippen LogP contribution < -0.4 is 10.6 Å². The number of halogens is 3. The van der Waals surface area contributed by atoms with Gasteiger partial charge in [-0.05, 0) is 35.2 Å². The summed E-state index contributed by atoms with van der Waals surface area (Å²) in [6, 6.07) is 9.43. The van der Waals surface area contributed by atoms with E-state index in [9.17, 15) is 28.1 Å². The Balaban J connectivity index is 1.95. The van der Waals surface area contributed by atoms with Crippen molar-refractivity contribution in [2.24, 2.45) is 0 Å². The van der Waals surface area contributed by atoms with Crippen LogP contribution in [0.3, 0.4) is 0 Å². The Morgan fingerprint density at radius 2 is 1.59 bits per heavy atom. The number of nitrogens with zero attached hydrogens (tertiary/aromatic N) is 1. The summed E-state index contributed by atoms with van der Waals surface area (Å²) < 4.78 is 38.2. The highest BCUT2D eigenvalue weighted by molar-refractivity contribution is 5.94. The molecule has 2 rings (SSSR count). The normalized spacial score (nSPS) is 11.8. The van der Waals surface area contributed by atoms with E-state index >= 15 is 0 Å². The van der Waals surface area contributed by atoms with Crippen LogP contribution in [0.4, 0.5) is 24.5 Å². The number of anilines is 1. The second-order valence-electron chi connectivity index (χ2n) is 7.50. The summed E-state index contributed by atoms with van der Waals surface area (Å²) in [6.45, 7) is 6.44. The second kappa shape index (κ2) is 8.50. The molecule has 0 spiro atoms. The number of benzene rings is 2. The van der Waals surface area contributed by atoms with Crippen LogP contribution in [0.25, 0.3) is 0 Å². The fraction of sp³-hybridized carbons (Fsp3) is 0.350. The molecule has 9 heteroatoms. The van der Waals surface area contributed by atoms with Crippen LogP contribution in [-0.2, 0) is 11.6 Å². The van der Waals surface area contributed by atoms with Crippen molar-refractivity contribution < 1.29 is 22.9 Å². The number of nitro groups is 1. The van der Waals surface area contributed by atoms with Gasteiger partial charge in [0.1, 0.15) is 5.69 Å². The molecule has 0 saturated heterocycles. The van der Waals surface area contributed by atoms with Crippen LogP contribution in [0.5, 0.6) is 0 Å². The van der Waals surface area contributed by atoms with E-state index in [1.54, 1.807) is 12.1 Å². The van der Waals surface area contributed by atoms with Crippen molar-refractivity contribution in [2.45, 2.75) is 32.4 Å². The van der Waals surface area contributed by atoms with Crippen molar-refractivity contribution in [1.29, 1.82) is 0 Å². The molecule has 6 nitrogen and oxygen atoms in total. The van der Waals surface area contributed by atoms with Gasteiger partial charge in [0.05, 0.1) is 10.5 Å². The summed E-state index contributed by atoms with van der Waals surface area (Å²) >= 11 is 0. The number of hydrogen-bond acceptors (Lipinski definition) is 4. The maximum Gasteiger partial charge on any atom is 0.416 e. The minimum Gasteiger partial charge on any atom is -0.378 e. The first-order valence-electron chi connectivity index (χ1n) is 8.88. The van der Waals surface area contributed by atoms with Gasteiger partial charge < -0.3 is 10.6 Å². The zero-order chi connectivity index (χ0) is 21.8. The highest BCUT2D eigenvalue weighted by Crippen LogP contribution is 2.34. The van der Waals surface area contributed by atoms with Gasteiger partial charge >= 0.3 is 6.18 Å². The number of carbonyl (C=O) groups is 1. The SMILES string of the molecule is CC(C)(C)c1ccc(C(=O)NCCNc2ccc(C(F)(F)F)cc2[N+](=O)[O-])cc1. The molecule has 0 radical (unpaired) electrons. The van der Waals surface area contributed by atoms with Crippen molar-refractivity contribution in [3.63, 3.8) is 0 Å². The van der Waals surface area contributed by atoms with Crippen LogP contribution in [0, 0.1) is 10.1 Å². The van der Waals surface area contributed by atoms with E-state index in [0.717, 1.165) is 17.7 Å². The van der Waals surface area contributed by atoms with Crippen LogP contribution in [-0.4, -0.2) is 23.9 Å². The van der Waals surface area contributed by atoms with Crippen LogP contribution >= 0.6 is 0 Å². The average molecular weight is 409 g/mol. The zero-order valence-electron chi connectivity index (χ0n) is 16.3. The molecule has 29 heavy (non-hydrogen) atoms. The molecule has 0 heterocycles. The maximum atomic E-state index is 12.7. The minimum atomic E-state index is -4.67. The Kier molecular flexibility index (Phi) is 6.51. The number of nitrogens with one attached hydrogen (secondary N) is 2. The minimum absolute atomic E-state index is 0.0324. The number of carbonyl (C=O) groups excluding carboxylic acids is 1. The number of nitro benzene ring substituents is 1. The fourth-order valence-corrected chi connectivity index (χ4v) is 2.61. The summed E-state index contributed by atoms with van der Waals surface area (Å²) in [7, 11) is 0. The van der Waals surface area contributed by atoms with Crippen molar-refractivity contribution in [3.05, 3.63) is 69.3 Å². The van der Waals surface area contributed by atoms with Gasteiger partial charge in [0.2, 0.25) is 0 Å². The molecule has 156 valence electrons. The molecule has 2 N–H and O–H groups in total. The Hall–Kier alpha value is -3.10. The summed E-state index contributed by atoms with van der Waals surface area (Å²) in [5.41, 5.74) is -0.295. The zero-order valence-corrected chi connectivity index (χ0v) is 16.3. The first-order chi connectivity index (χ1) is 13.4. The van der Waals surface area contributed by atoms with Crippen molar-refractivity contribution in [1.82, 2.24) is 5.32 Å². The van der Waals surface area contributed by atoms with Crippen LogP contribution in [0.1, 0.15) is 42.3 Å². The lowest BCUT2D eigenvalue weighted by Crippen LogP contribution is -2.29. The molecule has 0 atom stereocenters. The first-order valence-corrected chi connectivity index (χ1v) is 8.88. The molecule has 0 saturated carbocycles. The van der Waals surface area contributed by atoms with E-state index in [2.05, 4.69) is 31.4 Å². The maximum absolute atomic E-state index is 12.7. The van der Waals surface area contributed by atoms with E-state index in [1.165, 1.54) is 0 Å². The van der Waals surface area contributed by atoms with Crippen molar-refractivity contribution >= 4 is 17.3 Å². The second-order valence-corrected chi connectivity index (χ2v) is 7.50. The molecular formula is C20H22F3N3O3. The topological polar surface area (TPSA) is 84.3 Å².